The number of hydrogen-bond acceptors (Lipinski definition) is 1. The number of nitrogens with two attached hydrogens (primary N) is 1. The molecule has 64 valence electrons. The van der Waals surface area contributed by atoms with E-state index in [-0.39, 0.29) is 0 Å². The van der Waals surface area contributed by atoms with E-state index in [0.717, 1.165) is 12.1 Å². The lowest BCUT2D eigenvalue weighted by Crippen LogP contribution is -1.96. The lowest BCUT2D eigenvalue weighted by Gasteiger charge is -2.06. The third-order valence-electron chi connectivity index (χ3n) is 1.50. The van der Waals surface area contributed by atoms with Gasteiger partial charge in [-0.3, -0.25) is 0 Å². The molecule has 0 bridgehead atoms. The van der Waals surface area contributed by atoms with Crippen molar-refractivity contribution in [3.05, 3.63) is 23.4 Å². The van der Waals surface area contributed by atoms with Crippen LogP contribution >= 0.6 is 0 Å². The van der Waals surface area contributed by atoms with Crippen LogP contribution in [0.4, 0.5) is 0 Å². The van der Waals surface area contributed by atoms with Crippen LogP contribution in [0, 0.1) is 5.92 Å². The van der Waals surface area contributed by atoms with Crippen molar-refractivity contribution in [2.75, 3.05) is 0 Å². The van der Waals surface area contributed by atoms with Gasteiger partial charge in [0.25, 0.3) is 0 Å². The number of hydrogen-bond donors (Lipinski definition) is 1. The predicted octanol–water partition coefficient (Wildman–Crippen LogP) is 2.84. The summed E-state index contributed by atoms with van der Waals surface area (Å²) in [6, 6.07) is 0. The molecule has 0 spiro atoms. The van der Waals surface area contributed by atoms with Crippen LogP contribution < -0.4 is 5.73 Å². The fourth-order valence-electron chi connectivity index (χ4n) is 0.960. The molecule has 0 aromatic carbocycles. The van der Waals surface area contributed by atoms with Gasteiger partial charge in [-0.2, -0.15) is 0 Å². The van der Waals surface area contributed by atoms with Crippen molar-refractivity contribution in [2.24, 2.45) is 11.7 Å². The minimum atomic E-state index is 0.577. The SMILES string of the molecule is CC/C=C(\C=C(/C)N)C(C)C. The molecule has 0 aliphatic rings. The molecule has 0 saturated carbocycles. The van der Waals surface area contributed by atoms with E-state index in [4.69, 9.17) is 5.73 Å². The van der Waals surface area contributed by atoms with Gasteiger partial charge in [0, 0.05) is 5.70 Å². The van der Waals surface area contributed by atoms with Crippen molar-refractivity contribution in [3.8, 4) is 0 Å². The molecule has 0 rings (SSSR count). The molecule has 0 heterocycles. The molecule has 1 nitrogen and oxygen atoms in total. The largest absolute Gasteiger partial charge is 0.402 e. The first-order valence-corrected chi connectivity index (χ1v) is 4.21. The molecule has 0 aromatic rings. The van der Waals surface area contributed by atoms with E-state index in [9.17, 15) is 0 Å². The van der Waals surface area contributed by atoms with Crippen molar-refractivity contribution >= 4 is 0 Å². The topological polar surface area (TPSA) is 26.0 Å². The average molecular weight is 153 g/mol. The molecular formula is C10H19N. The quantitative estimate of drug-likeness (QED) is 0.620. The Morgan fingerprint density at radius 3 is 2.27 bits per heavy atom. The third-order valence-corrected chi connectivity index (χ3v) is 1.50. The molecule has 1 heteroatoms. The van der Waals surface area contributed by atoms with E-state index in [0.29, 0.717) is 5.92 Å². The molecule has 11 heavy (non-hydrogen) atoms. The molecule has 0 fully saturated rings. The first kappa shape index (κ1) is 10.3. The van der Waals surface area contributed by atoms with Gasteiger partial charge in [0.2, 0.25) is 0 Å². The van der Waals surface area contributed by atoms with Crippen LogP contribution in [-0.2, 0) is 0 Å². The Labute approximate surface area is 70.0 Å². The van der Waals surface area contributed by atoms with Crippen LogP contribution in [0.1, 0.15) is 34.1 Å². The normalized spacial score (nSPS) is 14.3. The molecule has 0 radical (unpaired) electrons. The Hall–Kier alpha value is -0.720. The Bertz CT molecular complexity index is 160. The molecule has 0 amide bonds. The standard InChI is InChI=1S/C10H19N/c1-5-6-10(8(2)3)7-9(4)11/h6-8H,5,11H2,1-4H3/b9-7+,10-6+. The molecule has 0 saturated heterocycles. The van der Waals surface area contributed by atoms with Crippen LogP contribution in [0.3, 0.4) is 0 Å². The van der Waals surface area contributed by atoms with Gasteiger partial charge < -0.3 is 5.73 Å². The molecule has 0 aliphatic heterocycles. The zero-order chi connectivity index (χ0) is 8.85. The maximum absolute atomic E-state index is 5.58. The fraction of sp³-hybridized carbons (Fsp3) is 0.600. The molecule has 0 aromatic heterocycles. The highest BCUT2D eigenvalue weighted by Gasteiger charge is 1.97. The summed E-state index contributed by atoms with van der Waals surface area (Å²) < 4.78 is 0. The summed E-state index contributed by atoms with van der Waals surface area (Å²) in [6.07, 6.45) is 5.35. The molecular weight excluding hydrogens is 134 g/mol. The second-order valence-electron chi connectivity index (χ2n) is 3.16. The zero-order valence-corrected chi connectivity index (χ0v) is 8.02. The van der Waals surface area contributed by atoms with Crippen LogP contribution in [0.25, 0.3) is 0 Å². The second kappa shape index (κ2) is 5.00. The van der Waals surface area contributed by atoms with Crippen molar-refractivity contribution in [1.29, 1.82) is 0 Å². The zero-order valence-electron chi connectivity index (χ0n) is 8.02. The van der Waals surface area contributed by atoms with Gasteiger partial charge in [-0.05, 0) is 30.9 Å². The van der Waals surface area contributed by atoms with Crippen molar-refractivity contribution in [2.45, 2.75) is 34.1 Å². The smallest absolute Gasteiger partial charge is 0.00516 e. The Balaban J connectivity index is 4.36. The van der Waals surface area contributed by atoms with Gasteiger partial charge in [-0.15, -0.1) is 0 Å². The van der Waals surface area contributed by atoms with E-state index >= 15 is 0 Å². The highest BCUT2D eigenvalue weighted by Crippen LogP contribution is 2.12. The third kappa shape index (κ3) is 4.65. The second-order valence-corrected chi connectivity index (χ2v) is 3.16. The molecule has 0 aliphatic carbocycles. The summed E-state index contributed by atoms with van der Waals surface area (Å²) in [5.74, 6) is 0.577. The first-order valence-electron chi connectivity index (χ1n) is 4.21. The van der Waals surface area contributed by atoms with Crippen LogP contribution in [0.15, 0.2) is 23.4 Å². The molecule has 2 N–H and O–H groups in total. The molecule has 0 unspecified atom stereocenters. The minimum Gasteiger partial charge on any atom is -0.402 e. The Kier molecular flexibility index (Phi) is 4.67. The lowest BCUT2D eigenvalue weighted by molar-refractivity contribution is 0.783. The number of allylic oxidation sites excluding steroid dienone is 4. The lowest BCUT2D eigenvalue weighted by atomic mass is 10.0. The van der Waals surface area contributed by atoms with E-state index < -0.39 is 0 Å². The van der Waals surface area contributed by atoms with Gasteiger partial charge in [-0.25, -0.2) is 0 Å². The van der Waals surface area contributed by atoms with Crippen molar-refractivity contribution in [3.63, 3.8) is 0 Å². The van der Waals surface area contributed by atoms with E-state index in [1.54, 1.807) is 0 Å². The highest BCUT2D eigenvalue weighted by molar-refractivity contribution is 5.22. The van der Waals surface area contributed by atoms with Gasteiger partial charge in [0.15, 0.2) is 0 Å². The van der Waals surface area contributed by atoms with E-state index in [2.05, 4.69) is 26.8 Å². The summed E-state index contributed by atoms with van der Waals surface area (Å²) in [4.78, 5) is 0. The summed E-state index contributed by atoms with van der Waals surface area (Å²) in [6.45, 7) is 8.43. The highest BCUT2D eigenvalue weighted by atomic mass is 14.5. The minimum absolute atomic E-state index is 0.577. The van der Waals surface area contributed by atoms with E-state index in [1.807, 2.05) is 13.0 Å². The van der Waals surface area contributed by atoms with Crippen LogP contribution in [0.2, 0.25) is 0 Å². The van der Waals surface area contributed by atoms with Crippen LogP contribution in [-0.4, -0.2) is 0 Å². The van der Waals surface area contributed by atoms with Gasteiger partial charge in [0.1, 0.15) is 0 Å². The summed E-state index contributed by atoms with van der Waals surface area (Å²) >= 11 is 0. The number of rotatable bonds is 3. The van der Waals surface area contributed by atoms with Crippen molar-refractivity contribution < 1.29 is 0 Å². The maximum atomic E-state index is 5.58. The van der Waals surface area contributed by atoms with Gasteiger partial charge in [0.05, 0.1) is 0 Å². The predicted molar refractivity (Wildman–Crippen MR) is 51.2 cm³/mol. The Morgan fingerprint density at radius 1 is 1.45 bits per heavy atom. The van der Waals surface area contributed by atoms with Crippen LogP contribution in [0.5, 0.6) is 0 Å². The van der Waals surface area contributed by atoms with Crippen molar-refractivity contribution in [1.82, 2.24) is 0 Å². The Morgan fingerprint density at radius 2 is 2.00 bits per heavy atom. The first-order chi connectivity index (χ1) is 5.07. The fourth-order valence-corrected chi connectivity index (χ4v) is 0.960. The van der Waals surface area contributed by atoms with Gasteiger partial charge >= 0.3 is 0 Å². The van der Waals surface area contributed by atoms with Gasteiger partial charge in [-0.1, -0.05) is 26.8 Å². The summed E-state index contributed by atoms with van der Waals surface area (Å²) in [5, 5.41) is 0. The average Bonchev–Trinajstić information content (AvgIpc) is 1.86. The van der Waals surface area contributed by atoms with E-state index in [1.165, 1.54) is 5.57 Å². The maximum Gasteiger partial charge on any atom is 0.00516 e. The monoisotopic (exact) mass is 153 g/mol. The molecule has 0 atom stereocenters. The summed E-state index contributed by atoms with van der Waals surface area (Å²) in [5.41, 5.74) is 7.81. The summed E-state index contributed by atoms with van der Waals surface area (Å²) in [7, 11) is 0.